The summed E-state index contributed by atoms with van der Waals surface area (Å²) < 4.78 is 10.3. The fourth-order valence-electron chi connectivity index (χ4n) is 3.31. The van der Waals surface area contributed by atoms with E-state index >= 15 is 0 Å². The van der Waals surface area contributed by atoms with Gasteiger partial charge in [-0.1, -0.05) is 49.9 Å². The van der Waals surface area contributed by atoms with Crippen LogP contribution in [-0.4, -0.2) is 23.0 Å². The molecule has 5 nitrogen and oxygen atoms in total. The summed E-state index contributed by atoms with van der Waals surface area (Å²) in [5.74, 6) is 1.48. The maximum Gasteiger partial charge on any atom is 0.373 e. The molecule has 0 radical (unpaired) electrons. The van der Waals surface area contributed by atoms with Gasteiger partial charge in [0.15, 0.2) is 0 Å². The number of carbonyl (C=O) groups is 1. The van der Waals surface area contributed by atoms with Gasteiger partial charge in [-0.3, -0.25) is 0 Å². The Morgan fingerprint density at radius 3 is 2.63 bits per heavy atom. The lowest BCUT2D eigenvalue weighted by atomic mass is 9.98. The summed E-state index contributed by atoms with van der Waals surface area (Å²) in [7, 11) is 1.34. The zero-order valence-electron chi connectivity index (χ0n) is 17.3. The molecule has 7 heteroatoms. The van der Waals surface area contributed by atoms with Crippen LogP contribution in [0.25, 0.3) is 21.3 Å². The minimum absolute atomic E-state index is 0.207. The lowest BCUT2D eigenvalue weighted by molar-refractivity contribution is 0.0563. The molecule has 0 N–H and O–H groups in total. The number of methoxy groups -OCH3 is 1. The lowest BCUT2D eigenvalue weighted by Crippen LogP contribution is -1.98. The van der Waals surface area contributed by atoms with Crippen LogP contribution in [0.4, 0.5) is 0 Å². The van der Waals surface area contributed by atoms with Crippen molar-refractivity contribution in [3.05, 3.63) is 64.7 Å². The molecule has 0 aliphatic carbocycles. The van der Waals surface area contributed by atoms with Crippen LogP contribution in [-0.2, 0) is 10.5 Å². The molecule has 0 bridgehead atoms. The third-order valence-electron chi connectivity index (χ3n) is 4.89. The number of carbonyl (C=O) groups excluding carboxylic acids is 1. The van der Waals surface area contributed by atoms with Gasteiger partial charge in [0.1, 0.15) is 21.9 Å². The number of esters is 1. The van der Waals surface area contributed by atoms with Gasteiger partial charge in [-0.15, -0.1) is 11.3 Å². The quantitative estimate of drug-likeness (QED) is 0.195. The van der Waals surface area contributed by atoms with E-state index in [1.165, 1.54) is 28.7 Å². The fraction of sp³-hybridized carbons (Fsp3) is 0.261. The van der Waals surface area contributed by atoms with Crippen molar-refractivity contribution in [2.45, 2.75) is 37.5 Å². The molecule has 4 rings (SSSR count). The van der Waals surface area contributed by atoms with Crippen LogP contribution in [0.3, 0.4) is 0 Å². The highest BCUT2D eigenvalue weighted by Crippen LogP contribution is 2.42. The maximum atomic E-state index is 11.6. The van der Waals surface area contributed by atoms with Gasteiger partial charge in [-0.05, 0) is 36.1 Å². The van der Waals surface area contributed by atoms with Crippen LogP contribution in [0.2, 0.25) is 0 Å². The van der Waals surface area contributed by atoms with Crippen LogP contribution in [0.15, 0.2) is 52.2 Å². The van der Waals surface area contributed by atoms with Gasteiger partial charge in [0.2, 0.25) is 5.76 Å². The first kappa shape index (κ1) is 20.6. The molecule has 3 aromatic heterocycles. The Morgan fingerprint density at radius 1 is 1.17 bits per heavy atom. The molecule has 0 amide bonds. The van der Waals surface area contributed by atoms with Crippen LogP contribution < -0.4 is 0 Å². The number of nitrogens with zero attached hydrogens (tertiary/aromatic N) is 2. The average Bonchev–Trinajstić information content (AvgIpc) is 3.35. The minimum atomic E-state index is -0.476. The predicted octanol–water partition coefficient (Wildman–Crippen LogP) is 6.46. The standard InChI is InChI=1S/C23H22N2O3S2/c1-13(2)15-5-7-16(8-6-15)19-14(3)30-22-20(19)21(24-12-25-22)29-11-17-9-10-18(28-17)23(26)27-4/h5-10,12-13H,11H2,1-4H3. The number of hydrogen-bond acceptors (Lipinski definition) is 7. The van der Waals surface area contributed by atoms with Crippen molar-refractivity contribution in [2.24, 2.45) is 0 Å². The summed E-state index contributed by atoms with van der Waals surface area (Å²) in [6.45, 7) is 6.52. The van der Waals surface area contributed by atoms with Crippen molar-refractivity contribution >= 4 is 39.3 Å². The Morgan fingerprint density at radius 2 is 1.93 bits per heavy atom. The van der Waals surface area contributed by atoms with Crippen LogP contribution >= 0.6 is 23.1 Å². The Hall–Kier alpha value is -2.64. The smallest absolute Gasteiger partial charge is 0.373 e. The molecule has 30 heavy (non-hydrogen) atoms. The SMILES string of the molecule is COC(=O)c1ccc(CSc2ncnc3sc(C)c(-c4ccc(C(C)C)cc4)c23)o1. The molecule has 0 saturated heterocycles. The minimum Gasteiger partial charge on any atom is -0.463 e. The molecule has 0 atom stereocenters. The Balaban J connectivity index is 1.67. The van der Waals surface area contributed by atoms with Gasteiger partial charge in [0.25, 0.3) is 0 Å². The molecule has 4 aromatic rings. The average molecular weight is 439 g/mol. The van der Waals surface area contributed by atoms with E-state index in [-0.39, 0.29) is 5.76 Å². The van der Waals surface area contributed by atoms with Crippen molar-refractivity contribution in [2.75, 3.05) is 7.11 Å². The van der Waals surface area contributed by atoms with Gasteiger partial charge in [-0.2, -0.15) is 0 Å². The molecule has 0 unspecified atom stereocenters. The number of hydrogen-bond donors (Lipinski definition) is 0. The Bertz CT molecular complexity index is 1190. The molecule has 0 aliphatic heterocycles. The molecule has 1 aromatic carbocycles. The van der Waals surface area contributed by atoms with Gasteiger partial charge < -0.3 is 9.15 Å². The zero-order chi connectivity index (χ0) is 21.3. The normalized spacial score (nSPS) is 11.4. The second-order valence-electron chi connectivity index (χ2n) is 7.22. The van der Waals surface area contributed by atoms with E-state index < -0.39 is 5.97 Å². The molecule has 3 heterocycles. The monoisotopic (exact) mass is 438 g/mol. The first-order chi connectivity index (χ1) is 14.5. The topological polar surface area (TPSA) is 65.2 Å². The van der Waals surface area contributed by atoms with Crippen molar-refractivity contribution < 1.29 is 13.9 Å². The molecular weight excluding hydrogens is 416 g/mol. The summed E-state index contributed by atoms with van der Waals surface area (Å²) in [6, 6.07) is 12.2. The third kappa shape index (κ3) is 4.00. The van der Waals surface area contributed by atoms with E-state index in [9.17, 15) is 4.79 Å². The number of thiophene rings is 1. The predicted molar refractivity (Wildman–Crippen MR) is 121 cm³/mol. The van der Waals surface area contributed by atoms with Crippen LogP contribution in [0, 0.1) is 6.92 Å². The number of furan rings is 1. The van der Waals surface area contributed by atoms with E-state index in [0.717, 1.165) is 15.2 Å². The zero-order valence-corrected chi connectivity index (χ0v) is 18.9. The van der Waals surface area contributed by atoms with Gasteiger partial charge >= 0.3 is 5.97 Å². The third-order valence-corrected chi connectivity index (χ3v) is 6.92. The molecule has 154 valence electrons. The number of benzene rings is 1. The van der Waals surface area contributed by atoms with E-state index in [1.54, 1.807) is 41.6 Å². The van der Waals surface area contributed by atoms with Gasteiger partial charge in [0.05, 0.1) is 18.2 Å². The van der Waals surface area contributed by atoms with Crippen LogP contribution in [0.1, 0.15) is 46.5 Å². The summed E-state index contributed by atoms with van der Waals surface area (Å²) in [5.41, 5.74) is 3.68. The largest absolute Gasteiger partial charge is 0.463 e. The highest BCUT2D eigenvalue weighted by molar-refractivity contribution is 7.98. The molecule has 0 fully saturated rings. The first-order valence-electron chi connectivity index (χ1n) is 9.62. The van der Waals surface area contributed by atoms with Gasteiger partial charge in [-0.25, -0.2) is 14.8 Å². The number of ether oxygens (including phenoxy) is 1. The highest BCUT2D eigenvalue weighted by Gasteiger charge is 2.18. The molecular formula is C23H22N2O3S2. The number of fused-ring (bicyclic) bond motifs is 1. The Kier molecular flexibility index (Phi) is 5.92. The van der Waals surface area contributed by atoms with Crippen LogP contribution in [0.5, 0.6) is 0 Å². The number of rotatable bonds is 6. The second-order valence-corrected chi connectivity index (χ2v) is 9.38. The molecule has 0 aliphatic rings. The number of aromatic nitrogens is 2. The van der Waals surface area contributed by atoms with E-state index in [4.69, 9.17) is 9.15 Å². The fourth-order valence-corrected chi connectivity index (χ4v) is 5.29. The van der Waals surface area contributed by atoms with Gasteiger partial charge in [0, 0.05) is 10.4 Å². The number of thioether (sulfide) groups is 1. The summed E-state index contributed by atoms with van der Waals surface area (Å²) in [4.78, 5) is 22.8. The molecule has 0 spiro atoms. The highest BCUT2D eigenvalue weighted by atomic mass is 32.2. The van der Waals surface area contributed by atoms with E-state index in [1.807, 2.05) is 0 Å². The summed E-state index contributed by atoms with van der Waals surface area (Å²) in [5, 5.41) is 1.98. The van der Waals surface area contributed by atoms with E-state index in [2.05, 4.69) is 55.0 Å². The van der Waals surface area contributed by atoms with Crippen molar-refractivity contribution in [1.29, 1.82) is 0 Å². The number of aryl methyl sites for hydroxylation is 1. The second kappa shape index (κ2) is 8.62. The Labute approximate surface area is 183 Å². The summed E-state index contributed by atoms with van der Waals surface area (Å²) >= 11 is 3.26. The van der Waals surface area contributed by atoms with Crippen molar-refractivity contribution in [3.63, 3.8) is 0 Å². The van der Waals surface area contributed by atoms with E-state index in [0.29, 0.717) is 17.4 Å². The van der Waals surface area contributed by atoms with Crippen molar-refractivity contribution in [3.8, 4) is 11.1 Å². The molecule has 0 saturated carbocycles. The van der Waals surface area contributed by atoms with Crippen molar-refractivity contribution in [1.82, 2.24) is 9.97 Å². The lowest BCUT2D eigenvalue weighted by Gasteiger charge is -2.09. The maximum absolute atomic E-state index is 11.6. The summed E-state index contributed by atoms with van der Waals surface area (Å²) in [6.07, 6.45) is 1.61. The first-order valence-corrected chi connectivity index (χ1v) is 11.4.